The first kappa shape index (κ1) is 12.1. The molecule has 0 aromatic carbocycles. The first-order valence-corrected chi connectivity index (χ1v) is 6.05. The number of nitrogens with two attached hydrogens (primary N) is 1. The van der Waals surface area contributed by atoms with Crippen LogP contribution in [-0.2, 0) is 10.8 Å². The molecule has 2 N–H and O–H groups in total. The molecule has 0 saturated carbocycles. The average molecular weight is 191 g/mol. The smallest absolute Gasteiger partial charge is 0.0291 e. The zero-order chi connectivity index (χ0) is 9.56. The van der Waals surface area contributed by atoms with Gasteiger partial charge in [0.2, 0.25) is 0 Å². The maximum atomic E-state index is 11.3. The lowest BCUT2D eigenvalue weighted by molar-refractivity contribution is 0.612. The number of hydrogen-bond acceptors (Lipinski definition) is 2. The van der Waals surface area contributed by atoms with Crippen LogP contribution in [0.4, 0.5) is 0 Å². The molecule has 0 aliphatic rings. The largest absolute Gasteiger partial charge is 0.328 e. The molecule has 0 aliphatic heterocycles. The summed E-state index contributed by atoms with van der Waals surface area (Å²) in [4.78, 5) is 0. The van der Waals surface area contributed by atoms with E-state index in [-0.39, 0.29) is 6.04 Å². The molecule has 0 amide bonds. The van der Waals surface area contributed by atoms with Crippen molar-refractivity contribution in [2.75, 3.05) is 5.75 Å². The fourth-order valence-electron chi connectivity index (χ4n) is 0.946. The van der Waals surface area contributed by atoms with Gasteiger partial charge in [0.25, 0.3) is 0 Å². The second kappa shape index (κ2) is 6.61. The lowest BCUT2D eigenvalue weighted by atomic mass is 10.2. The Morgan fingerprint density at radius 1 is 1.25 bits per heavy atom. The third kappa shape index (κ3) is 6.80. The van der Waals surface area contributed by atoms with E-state index >= 15 is 0 Å². The summed E-state index contributed by atoms with van der Waals surface area (Å²) in [7, 11) is -0.627. The van der Waals surface area contributed by atoms with E-state index in [4.69, 9.17) is 5.73 Å². The first-order valence-electron chi connectivity index (χ1n) is 4.66. The number of hydrogen-bond donors (Lipinski definition) is 1. The fraction of sp³-hybridized carbons (Fsp3) is 1.00. The van der Waals surface area contributed by atoms with Crippen molar-refractivity contribution in [2.24, 2.45) is 5.73 Å². The third-order valence-electron chi connectivity index (χ3n) is 1.78. The van der Waals surface area contributed by atoms with E-state index in [1.54, 1.807) is 0 Å². The van der Waals surface area contributed by atoms with E-state index in [0.29, 0.717) is 5.25 Å². The molecule has 0 aromatic heterocycles. The Bertz CT molecular complexity index is 134. The Morgan fingerprint density at radius 2 is 1.83 bits per heavy atom. The summed E-state index contributed by atoms with van der Waals surface area (Å²) in [5.74, 6) is 0.838. The first-order chi connectivity index (χ1) is 5.54. The molecule has 0 spiro atoms. The molecule has 0 radical (unpaired) electrons. The minimum absolute atomic E-state index is 0.289. The highest BCUT2D eigenvalue weighted by Gasteiger charge is 2.04. The van der Waals surface area contributed by atoms with Gasteiger partial charge < -0.3 is 5.73 Å². The van der Waals surface area contributed by atoms with Crippen LogP contribution in [0.5, 0.6) is 0 Å². The summed E-state index contributed by atoms with van der Waals surface area (Å²) in [6, 6.07) is 0.289. The molecule has 0 rings (SSSR count). The van der Waals surface area contributed by atoms with Gasteiger partial charge in [-0.3, -0.25) is 4.21 Å². The fourth-order valence-corrected chi connectivity index (χ4v) is 1.91. The third-order valence-corrected chi connectivity index (χ3v) is 3.52. The summed E-state index contributed by atoms with van der Waals surface area (Å²) in [6.07, 6.45) is 3.21. The average Bonchev–Trinajstić information content (AvgIpc) is 1.97. The molecule has 0 fully saturated rings. The maximum absolute atomic E-state index is 11.3. The van der Waals surface area contributed by atoms with Crippen LogP contribution in [0, 0.1) is 0 Å². The van der Waals surface area contributed by atoms with Gasteiger partial charge in [0.1, 0.15) is 0 Å². The highest BCUT2D eigenvalue weighted by molar-refractivity contribution is 7.85. The second-order valence-electron chi connectivity index (χ2n) is 3.61. The van der Waals surface area contributed by atoms with Crippen LogP contribution >= 0.6 is 0 Å². The standard InChI is InChI=1S/C9H21NOS/c1-8(2)12(11)7-5-4-6-9(3)10/h8-9H,4-7,10H2,1-3H3. The Labute approximate surface area is 78.4 Å². The number of rotatable bonds is 6. The van der Waals surface area contributed by atoms with E-state index in [1.807, 2.05) is 20.8 Å². The molecule has 0 aromatic rings. The maximum Gasteiger partial charge on any atom is 0.0291 e. The van der Waals surface area contributed by atoms with Crippen LogP contribution in [0.1, 0.15) is 40.0 Å². The van der Waals surface area contributed by atoms with Crippen molar-refractivity contribution >= 4 is 10.8 Å². The van der Waals surface area contributed by atoms with Crippen molar-refractivity contribution in [3.05, 3.63) is 0 Å². The van der Waals surface area contributed by atoms with Gasteiger partial charge in [0.15, 0.2) is 0 Å². The molecule has 0 saturated heterocycles. The van der Waals surface area contributed by atoms with Gasteiger partial charge >= 0.3 is 0 Å². The van der Waals surface area contributed by atoms with Gasteiger partial charge in [-0.2, -0.15) is 0 Å². The minimum Gasteiger partial charge on any atom is -0.328 e. The lowest BCUT2D eigenvalue weighted by Gasteiger charge is -2.06. The molecular weight excluding hydrogens is 170 g/mol. The summed E-state index contributed by atoms with van der Waals surface area (Å²) < 4.78 is 11.3. The van der Waals surface area contributed by atoms with E-state index in [9.17, 15) is 4.21 Å². The highest BCUT2D eigenvalue weighted by atomic mass is 32.2. The van der Waals surface area contributed by atoms with Gasteiger partial charge in [-0.05, 0) is 19.8 Å². The SMILES string of the molecule is CC(N)CCCCS(=O)C(C)C. The Kier molecular flexibility index (Phi) is 6.67. The number of unbranched alkanes of at least 4 members (excludes halogenated alkanes) is 1. The summed E-state index contributed by atoms with van der Waals surface area (Å²) in [6.45, 7) is 6.02. The molecule has 2 unspecified atom stereocenters. The van der Waals surface area contributed by atoms with Crippen molar-refractivity contribution in [1.29, 1.82) is 0 Å². The van der Waals surface area contributed by atoms with Crippen LogP contribution in [0.15, 0.2) is 0 Å². The van der Waals surface area contributed by atoms with Gasteiger partial charge in [-0.1, -0.05) is 20.3 Å². The van der Waals surface area contributed by atoms with Crippen molar-refractivity contribution in [3.63, 3.8) is 0 Å². The van der Waals surface area contributed by atoms with Crippen molar-refractivity contribution in [1.82, 2.24) is 0 Å². The summed E-state index contributed by atoms with van der Waals surface area (Å²) in [5, 5.41) is 0.306. The van der Waals surface area contributed by atoms with Crippen LogP contribution in [0.2, 0.25) is 0 Å². The van der Waals surface area contributed by atoms with Gasteiger partial charge in [-0.15, -0.1) is 0 Å². The molecule has 0 bridgehead atoms. The topological polar surface area (TPSA) is 43.1 Å². The predicted octanol–water partition coefficient (Wildman–Crippen LogP) is 1.66. The van der Waals surface area contributed by atoms with Gasteiger partial charge in [0, 0.05) is 27.8 Å². The molecule has 12 heavy (non-hydrogen) atoms. The van der Waals surface area contributed by atoms with Crippen molar-refractivity contribution in [3.8, 4) is 0 Å². The Hall–Kier alpha value is 0.110. The second-order valence-corrected chi connectivity index (χ2v) is 5.72. The van der Waals surface area contributed by atoms with Crippen molar-refractivity contribution in [2.45, 2.75) is 51.3 Å². The van der Waals surface area contributed by atoms with Crippen LogP contribution in [0.3, 0.4) is 0 Å². The highest BCUT2D eigenvalue weighted by Crippen LogP contribution is 2.02. The predicted molar refractivity (Wildman–Crippen MR) is 55.6 cm³/mol. The summed E-state index contributed by atoms with van der Waals surface area (Å²) >= 11 is 0. The van der Waals surface area contributed by atoms with Gasteiger partial charge in [-0.25, -0.2) is 0 Å². The molecule has 0 heterocycles. The molecule has 2 nitrogen and oxygen atoms in total. The van der Waals surface area contributed by atoms with Crippen molar-refractivity contribution < 1.29 is 4.21 Å². The quantitative estimate of drug-likeness (QED) is 0.649. The van der Waals surface area contributed by atoms with E-state index in [2.05, 4.69) is 0 Å². The van der Waals surface area contributed by atoms with Crippen LogP contribution in [-0.4, -0.2) is 21.3 Å². The zero-order valence-corrected chi connectivity index (χ0v) is 9.19. The van der Waals surface area contributed by atoms with E-state index in [0.717, 1.165) is 25.0 Å². The Morgan fingerprint density at radius 3 is 2.25 bits per heavy atom. The molecule has 0 aliphatic carbocycles. The zero-order valence-electron chi connectivity index (χ0n) is 8.38. The molecular formula is C9H21NOS. The molecule has 2 atom stereocenters. The molecule has 74 valence electrons. The van der Waals surface area contributed by atoms with Crippen LogP contribution < -0.4 is 5.73 Å². The van der Waals surface area contributed by atoms with Gasteiger partial charge in [0.05, 0.1) is 0 Å². The van der Waals surface area contributed by atoms with Crippen LogP contribution in [0.25, 0.3) is 0 Å². The normalized spacial score (nSPS) is 16.4. The van der Waals surface area contributed by atoms with E-state index < -0.39 is 10.8 Å². The van der Waals surface area contributed by atoms with E-state index in [1.165, 1.54) is 0 Å². The monoisotopic (exact) mass is 191 g/mol. The molecule has 3 heteroatoms. The lowest BCUT2D eigenvalue weighted by Crippen LogP contribution is -2.15. The Balaban J connectivity index is 3.26. The summed E-state index contributed by atoms with van der Waals surface area (Å²) in [5.41, 5.74) is 5.59. The minimum atomic E-state index is -0.627.